The monoisotopic (exact) mass is 276 g/mol. The summed E-state index contributed by atoms with van der Waals surface area (Å²) < 4.78 is 0. The highest BCUT2D eigenvalue weighted by Gasteiger charge is 2.36. The van der Waals surface area contributed by atoms with E-state index in [2.05, 4.69) is 4.98 Å². The third-order valence-corrected chi connectivity index (χ3v) is 3.92. The Labute approximate surface area is 116 Å². The fourth-order valence-electron chi connectivity index (χ4n) is 2.89. The van der Waals surface area contributed by atoms with E-state index in [0.717, 1.165) is 6.42 Å². The maximum Gasteiger partial charge on any atom is 0.354 e. The molecule has 1 aromatic heterocycles. The number of piperazine rings is 1. The van der Waals surface area contributed by atoms with Crippen LogP contribution >= 0.6 is 0 Å². The van der Waals surface area contributed by atoms with Crippen LogP contribution in [0.2, 0.25) is 0 Å². The summed E-state index contributed by atoms with van der Waals surface area (Å²) in [5.74, 6) is -0.361. The van der Waals surface area contributed by atoms with Crippen molar-refractivity contribution in [3.05, 3.63) is 17.8 Å². The molecule has 7 heteroatoms. The molecule has 0 aliphatic carbocycles. The number of rotatable bonds is 2. The van der Waals surface area contributed by atoms with Crippen LogP contribution in [0, 0.1) is 0 Å². The van der Waals surface area contributed by atoms with Crippen LogP contribution in [0.5, 0.6) is 0 Å². The van der Waals surface area contributed by atoms with Crippen molar-refractivity contribution in [1.82, 2.24) is 9.88 Å². The highest BCUT2D eigenvalue weighted by Crippen LogP contribution is 2.28. The summed E-state index contributed by atoms with van der Waals surface area (Å²) in [5, 5.41) is 9.01. The average Bonchev–Trinajstić information content (AvgIpc) is 2.80. The lowest BCUT2D eigenvalue weighted by molar-refractivity contribution is -0.129. The molecule has 2 aliphatic heterocycles. The van der Waals surface area contributed by atoms with Crippen molar-refractivity contribution in [2.45, 2.75) is 18.9 Å². The van der Waals surface area contributed by atoms with E-state index >= 15 is 0 Å². The molecule has 1 amide bonds. The summed E-state index contributed by atoms with van der Waals surface area (Å²) in [6.07, 6.45) is 1.43. The molecule has 1 unspecified atom stereocenters. The molecule has 0 radical (unpaired) electrons. The van der Waals surface area contributed by atoms with E-state index in [1.807, 2.05) is 9.80 Å². The highest BCUT2D eigenvalue weighted by atomic mass is 16.4. The maximum absolute atomic E-state index is 11.7. The number of nitrogen functional groups attached to an aromatic ring is 1. The molecule has 1 atom stereocenters. The van der Waals surface area contributed by atoms with Gasteiger partial charge in [0.25, 0.3) is 0 Å². The van der Waals surface area contributed by atoms with Crippen LogP contribution < -0.4 is 10.6 Å². The number of hydrogen-bond donors (Lipinski definition) is 2. The van der Waals surface area contributed by atoms with Crippen molar-refractivity contribution < 1.29 is 14.7 Å². The van der Waals surface area contributed by atoms with Crippen LogP contribution in [0.25, 0.3) is 0 Å². The quantitative estimate of drug-likeness (QED) is 0.799. The summed E-state index contributed by atoms with van der Waals surface area (Å²) >= 11 is 0. The first-order chi connectivity index (χ1) is 9.56. The number of pyridine rings is 1. The van der Waals surface area contributed by atoms with Gasteiger partial charge in [0.15, 0.2) is 11.5 Å². The van der Waals surface area contributed by atoms with Gasteiger partial charge in [-0.2, -0.15) is 0 Å². The second-order valence-electron chi connectivity index (χ2n) is 5.14. The molecule has 2 saturated heterocycles. The van der Waals surface area contributed by atoms with Gasteiger partial charge in [-0.15, -0.1) is 0 Å². The summed E-state index contributed by atoms with van der Waals surface area (Å²) in [6.45, 7) is 1.93. The Balaban J connectivity index is 1.85. The smallest absolute Gasteiger partial charge is 0.354 e. The predicted octanol–water partition coefficient (Wildman–Crippen LogP) is 0.173. The zero-order valence-electron chi connectivity index (χ0n) is 11.0. The lowest BCUT2D eigenvalue weighted by atomic mass is 10.1. The number of carboxylic acids is 1. The standard InChI is InChI=1S/C13H16N4O3/c14-9-2-3-10(13(19)20)15-12(9)16-5-6-17-8(7-16)1-4-11(17)18/h2-3,8H,1,4-7,14H2,(H,19,20). The molecule has 2 fully saturated rings. The van der Waals surface area contributed by atoms with E-state index in [1.165, 1.54) is 6.07 Å². The first kappa shape index (κ1) is 12.7. The predicted molar refractivity (Wildman–Crippen MR) is 72.6 cm³/mol. The van der Waals surface area contributed by atoms with Gasteiger partial charge in [0, 0.05) is 32.1 Å². The van der Waals surface area contributed by atoms with Crippen molar-refractivity contribution in [3.63, 3.8) is 0 Å². The molecule has 106 valence electrons. The molecule has 0 bridgehead atoms. The zero-order chi connectivity index (χ0) is 14.3. The van der Waals surface area contributed by atoms with Crippen LogP contribution in [-0.4, -0.2) is 52.5 Å². The Morgan fingerprint density at radius 3 is 2.95 bits per heavy atom. The lowest BCUT2D eigenvalue weighted by Crippen LogP contribution is -2.52. The Kier molecular flexibility index (Phi) is 2.96. The summed E-state index contributed by atoms with van der Waals surface area (Å²) in [4.78, 5) is 30.6. The number of carbonyl (C=O) groups excluding carboxylic acids is 1. The van der Waals surface area contributed by atoms with Gasteiger partial charge in [-0.3, -0.25) is 4.79 Å². The molecule has 3 heterocycles. The van der Waals surface area contributed by atoms with Gasteiger partial charge in [-0.25, -0.2) is 9.78 Å². The molecule has 1 aromatic rings. The molecular weight excluding hydrogens is 260 g/mol. The fourth-order valence-corrected chi connectivity index (χ4v) is 2.89. The van der Waals surface area contributed by atoms with Gasteiger partial charge in [-0.05, 0) is 18.6 Å². The minimum atomic E-state index is -1.07. The summed E-state index contributed by atoms with van der Waals surface area (Å²) in [7, 11) is 0. The Morgan fingerprint density at radius 1 is 1.40 bits per heavy atom. The minimum Gasteiger partial charge on any atom is -0.477 e. The second-order valence-corrected chi connectivity index (χ2v) is 5.14. The van der Waals surface area contributed by atoms with Gasteiger partial charge in [0.2, 0.25) is 5.91 Å². The number of anilines is 2. The molecule has 7 nitrogen and oxygen atoms in total. The van der Waals surface area contributed by atoms with Crippen LogP contribution in [0.15, 0.2) is 12.1 Å². The zero-order valence-corrected chi connectivity index (χ0v) is 11.0. The van der Waals surface area contributed by atoms with Crippen LogP contribution in [0.3, 0.4) is 0 Å². The average molecular weight is 276 g/mol. The number of hydrogen-bond acceptors (Lipinski definition) is 5. The molecule has 20 heavy (non-hydrogen) atoms. The number of nitrogens with two attached hydrogens (primary N) is 1. The van der Waals surface area contributed by atoms with Crippen molar-refractivity contribution in [1.29, 1.82) is 0 Å². The van der Waals surface area contributed by atoms with E-state index in [-0.39, 0.29) is 17.6 Å². The Morgan fingerprint density at radius 2 is 2.20 bits per heavy atom. The first-order valence-corrected chi connectivity index (χ1v) is 6.60. The summed E-state index contributed by atoms with van der Waals surface area (Å²) in [6, 6.07) is 3.15. The van der Waals surface area contributed by atoms with Gasteiger partial charge in [0.1, 0.15) is 0 Å². The van der Waals surface area contributed by atoms with E-state index in [4.69, 9.17) is 10.8 Å². The Bertz CT molecular complexity index is 575. The van der Waals surface area contributed by atoms with Crippen molar-refractivity contribution >= 4 is 23.4 Å². The number of carboxylic acid groups (broad SMARTS) is 1. The highest BCUT2D eigenvalue weighted by molar-refractivity contribution is 5.87. The van der Waals surface area contributed by atoms with Gasteiger partial charge in [0.05, 0.1) is 5.69 Å². The Hall–Kier alpha value is -2.31. The lowest BCUT2D eigenvalue weighted by Gasteiger charge is -2.38. The molecule has 0 aromatic carbocycles. The number of aromatic carboxylic acids is 1. The van der Waals surface area contributed by atoms with E-state index in [0.29, 0.717) is 37.6 Å². The van der Waals surface area contributed by atoms with Gasteiger partial charge < -0.3 is 20.6 Å². The SMILES string of the molecule is Nc1ccc(C(=O)O)nc1N1CCN2C(=O)CCC2C1. The van der Waals surface area contributed by atoms with Crippen LogP contribution in [0.4, 0.5) is 11.5 Å². The molecule has 0 spiro atoms. The fraction of sp³-hybridized carbons (Fsp3) is 0.462. The molecule has 3 N–H and O–H groups in total. The minimum absolute atomic E-state index is 0.0147. The van der Waals surface area contributed by atoms with Crippen LogP contribution in [-0.2, 0) is 4.79 Å². The second kappa shape index (κ2) is 4.66. The van der Waals surface area contributed by atoms with E-state index in [1.54, 1.807) is 6.07 Å². The molecule has 3 rings (SSSR count). The third-order valence-electron chi connectivity index (χ3n) is 3.92. The molecular formula is C13H16N4O3. The number of fused-ring (bicyclic) bond motifs is 1. The molecule has 0 saturated carbocycles. The molecule has 2 aliphatic rings. The normalized spacial score (nSPS) is 22.0. The van der Waals surface area contributed by atoms with Gasteiger partial charge in [-0.1, -0.05) is 0 Å². The summed E-state index contributed by atoms with van der Waals surface area (Å²) in [5.41, 5.74) is 6.36. The largest absolute Gasteiger partial charge is 0.477 e. The van der Waals surface area contributed by atoms with E-state index in [9.17, 15) is 9.59 Å². The van der Waals surface area contributed by atoms with Crippen LogP contribution in [0.1, 0.15) is 23.3 Å². The third kappa shape index (κ3) is 2.04. The van der Waals surface area contributed by atoms with Crippen molar-refractivity contribution in [2.75, 3.05) is 30.3 Å². The van der Waals surface area contributed by atoms with E-state index < -0.39 is 5.97 Å². The first-order valence-electron chi connectivity index (χ1n) is 6.60. The van der Waals surface area contributed by atoms with Gasteiger partial charge >= 0.3 is 5.97 Å². The number of nitrogens with zero attached hydrogens (tertiary/aromatic N) is 3. The number of carbonyl (C=O) groups is 2. The number of amides is 1. The topological polar surface area (TPSA) is 99.8 Å². The number of aromatic nitrogens is 1. The van der Waals surface area contributed by atoms with Crippen molar-refractivity contribution in [2.24, 2.45) is 0 Å². The maximum atomic E-state index is 11.7. The van der Waals surface area contributed by atoms with Crippen molar-refractivity contribution in [3.8, 4) is 0 Å².